The minimum Gasteiger partial charge on any atom is -0.393 e. The van der Waals surface area contributed by atoms with Gasteiger partial charge in [0.25, 0.3) is 5.56 Å². The Hall–Kier alpha value is -3.76. The number of aromatic nitrogens is 4. The fraction of sp³-hybridized carbons (Fsp3) is 0.308. The van der Waals surface area contributed by atoms with Crippen LogP contribution in [0.1, 0.15) is 54.6 Å². The molecule has 0 atom stereocenters. The number of fused-ring (bicyclic) bond motifs is 1. The number of hydrogen-bond acceptors (Lipinski definition) is 5. The number of aliphatic hydroxyl groups excluding tert-OH is 1. The lowest BCUT2D eigenvalue weighted by Crippen LogP contribution is -2.39. The molecule has 2 aromatic carbocycles. The van der Waals surface area contributed by atoms with E-state index in [-0.39, 0.29) is 17.7 Å². The van der Waals surface area contributed by atoms with Gasteiger partial charge in [-0.25, -0.2) is 4.52 Å². The van der Waals surface area contributed by atoms with Gasteiger partial charge in [0.2, 0.25) is 5.78 Å². The standard InChI is InChI=1S/C26H25N5O2/c1-2-5-24-23(25(33)30(20-13-21(32)14-20)26-28-16-29-31(24)26)12-17-8-10-18(11-9-17)22-7-4-3-6-19(22)15-27/h3-4,6-11,16,20-21,32H,2,5,12-14H2,1H3. The molecule has 1 fully saturated rings. The normalized spacial score (nSPS) is 17.6. The van der Waals surface area contributed by atoms with Crippen molar-refractivity contribution in [3.63, 3.8) is 0 Å². The van der Waals surface area contributed by atoms with Crippen LogP contribution in [0.2, 0.25) is 0 Å². The maximum Gasteiger partial charge on any atom is 0.259 e. The molecular formula is C26H25N5O2. The first-order chi connectivity index (χ1) is 16.1. The average molecular weight is 440 g/mol. The predicted molar refractivity (Wildman–Crippen MR) is 125 cm³/mol. The monoisotopic (exact) mass is 439 g/mol. The first-order valence-corrected chi connectivity index (χ1v) is 11.3. The fourth-order valence-electron chi connectivity index (χ4n) is 4.69. The Balaban J connectivity index is 1.56. The van der Waals surface area contributed by atoms with Crippen LogP contribution < -0.4 is 5.56 Å². The second-order valence-corrected chi connectivity index (χ2v) is 8.63. The van der Waals surface area contributed by atoms with E-state index in [1.165, 1.54) is 6.33 Å². The molecular weight excluding hydrogens is 414 g/mol. The number of nitrogens with zero attached hydrogens (tertiary/aromatic N) is 5. The molecule has 166 valence electrons. The van der Waals surface area contributed by atoms with Crippen molar-refractivity contribution in [3.05, 3.63) is 87.6 Å². The largest absolute Gasteiger partial charge is 0.393 e. The second kappa shape index (κ2) is 8.64. The van der Waals surface area contributed by atoms with Crippen molar-refractivity contribution in [2.75, 3.05) is 0 Å². The SMILES string of the molecule is CCCc1c(Cc2ccc(-c3ccccc3C#N)cc2)c(=O)n(C2CC(O)C2)c2ncnn12. The predicted octanol–water partition coefficient (Wildman–Crippen LogP) is 3.67. The smallest absolute Gasteiger partial charge is 0.259 e. The number of aryl methyl sites for hydroxylation is 1. The molecule has 0 unspecified atom stereocenters. The Morgan fingerprint density at radius 1 is 1.15 bits per heavy atom. The van der Waals surface area contributed by atoms with E-state index in [2.05, 4.69) is 23.1 Å². The number of benzene rings is 2. The zero-order valence-electron chi connectivity index (χ0n) is 18.5. The Kier molecular flexibility index (Phi) is 5.53. The summed E-state index contributed by atoms with van der Waals surface area (Å²) < 4.78 is 3.51. The summed E-state index contributed by atoms with van der Waals surface area (Å²) in [5, 5.41) is 23.6. The molecule has 0 radical (unpaired) electrons. The van der Waals surface area contributed by atoms with Crippen LogP contribution in [0.4, 0.5) is 0 Å². The van der Waals surface area contributed by atoms with E-state index in [1.807, 2.05) is 48.5 Å². The van der Waals surface area contributed by atoms with Gasteiger partial charge in [0.05, 0.1) is 23.4 Å². The number of rotatable bonds is 6. The molecule has 7 heteroatoms. The molecule has 0 spiro atoms. The van der Waals surface area contributed by atoms with E-state index < -0.39 is 0 Å². The zero-order valence-corrected chi connectivity index (χ0v) is 18.5. The summed E-state index contributed by atoms with van der Waals surface area (Å²) in [5.41, 5.74) is 5.09. The lowest BCUT2D eigenvalue weighted by molar-refractivity contribution is 0.0481. The molecule has 2 heterocycles. The van der Waals surface area contributed by atoms with E-state index in [1.54, 1.807) is 9.08 Å². The van der Waals surface area contributed by atoms with E-state index in [0.29, 0.717) is 30.6 Å². The summed E-state index contributed by atoms with van der Waals surface area (Å²) >= 11 is 0. The molecule has 0 aliphatic heterocycles. The van der Waals surface area contributed by atoms with Gasteiger partial charge in [-0.1, -0.05) is 55.8 Å². The minimum absolute atomic E-state index is 0.0465. The van der Waals surface area contributed by atoms with E-state index in [9.17, 15) is 15.2 Å². The quantitative estimate of drug-likeness (QED) is 0.495. The van der Waals surface area contributed by atoms with Gasteiger partial charge >= 0.3 is 0 Å². The van der Waals surface area contributed by atoms with E-state index in [4.69, 9.17) is 0 Å². The van der Waals surface area contributed by atoms with Gasteiger partial charge in [0.15, 0.2) is 0 Å². The third kappa shape index (κ3) is 3.73. The van der Waals surface area contributed by atoms with Crippen LogP contribution in [0, 0.1) is 11.3 Å². The van der Waals surface area contributed by atoms with Crippen LogP contribution in [-0.2, 0) is 12.8 Å². The maximum atomic E-state index is 13.7. The van der Waals surface area contributed by atoms with Crippen molar-refractivity contribution in [3.8, 4) is 17.2 Å². The Morgan fingerprint density at radius 3 is 2.61 bits per heavy atom. The lowest BCUT2D eigenvalue weighted by atomic mass is 9.89. The number of nitriles is 1. The molecule has 1 saturated carbocycles. The highest BCUT2D eigenvalue weighted by Crippen LogP contribution is 2.32. The van der Waals surface area contributed by atoms with Crippen molar-refractivity contribution in [2.45, 2.75) is 51.2 Å². The summed E-state index contributed by atoms with van der Waals surface area (Å²) in [4.78, 5) is 18.0. The van der Waals surface area contributed by atoms with Gasteiger partial charge in [-0.15, -0.1) is 0 Å². The third-order valence-electron chi connectivity index (χ3n) is 6.46. The van der Waals surface area contributed by atoms with Crippen LogP contribution in [0.3, 0.4) is 0 Å². The summed E-state index contributed by atoms with van der Waals surface area (Å²) in [7, 11) is 0. The molecule has 1 aliphatic carbocycles. The molecule has 33 heavy (non-hydrogen) atoms. The van der Waals surface area contributed by atoms with Crippen molar-refractivity contribution < 1.29 is 5.11 Å². The van der Waals surface area contributed by atoms with Gasteiger partial charge in [-0.2, -0.15) is 15.3 Å². The maximum absolute atomic E-state index is 13.7. The van der Waals surface area contributed by atoms with Crippen molar-refractivity contribution in [1.29, 1.82) is 5.26 Å². The highest BCUT2D eigenvalue weighted by Gasteiger charge is 2.32. The summed E-state index contributed by atoms with van der Waals surface area (Å²) in [6, 6.07) is 17.8. The molecule has 1 N–H and O–H groups in total. The average Bonchev–Trinajstić information content (AvgIpc) is 3.30. The number of hydrogen-bond donors (Lipinski definition) is 1. The lowest BCUT2D eigenvalue weighted by Gasteiger charge is -2.33. The van der Waals surface area contributed by atoms with Crippen LogP contribution in [0.15, 0.2) is 59.7 Å². The molecule has 0 bridgehead atoms. The van der Waals surface area contributed by atoms with Crippen LogP contribution in [0.5, 0.6) is 0 Å². The Morgan fingerprint density at radius 2 is 1.91 bits per heavy atom. The molecule has 1 aliphatic rings. The first kappa shape index (κ1) is 21.1. The van der Waals surface area contributed by atoms with Crippen LogP contribution in [-0.4, -0.2) is 30.4 Å². The van der Waals surface area contributed by atoms with E-state index in [0.717, 1.165) is 40.8 Å². The first-order valence-electron chi connectivity index (χ1n) is 11.3. The van der Waals surface area contributed by atoms with Gasteiger partial charge in [0.1, 0.15) is 6.33 Å². The molecule has 5 rings (SSSR count). The third-order valence-corrected chi connectivity index (χ3v) is 6.46. The highest BCUT2D eigenvalue weighted by molar-refractivity contribution is 5.70. The summed E-state index contributed by atoms with van der Waals surface area (Å²) in [6.07, 6.45) is 4.34. The van der Waals surface area contributed by atoms with Crippen LogP contribution >= 0.6 is 0 Å². The van der Waals surface area contributed by atoms with E-state index >= 15 is 0 Å². The molecule has 0 amide bonds. The highest BCUT2D eigenvalue weighted by atomic mass is 16.3. The van der Waals surface area contributed by atoms with Gasteiger partial charge in [-0.05, 0) is 42.0 Å². The molecule has 7 nitrogen and oxygen atoms in total. The molecule has 0 saturated heterocycles. The van der Waals surface area contributed by atoms with Crippen molar-refractivity contribution >= 4 is 5.78 Å². The minimum atomic E-state index is -0.368. The molecule has 2 aromatic heterocycles. The van der Waals surface area contributed by atoms with Gasteiger partial charge < -0.3 is 5.11 Å². The number of aliphatic hydroxyl groups is 1. The van der Waals surface area contributed by atoms with Gasteiger partial charge in [-0.3, -0.25) is 9.36 Å². The van der Waals surface area contributed by atoms with Crippen molar-refractivity contribution in [2.24, 2.45) is 0 Å². The van der Waals surface area contributed by atoms with Crippen LogP contribution in [0.25, 0.3) is 16.9 Å². The summed E-state index contributed by atoms with van der Waals surface area (Å²) in [5.74, 6) is 0.549. The Bertz CT molecular complexity index is 1410. The fourth-order valence-corrected chi connectivity index (χ4v) is 4.69. The van der Waals surface area contributed by atoms with Gasteiger partial charge in [0, 0.05) is 18.0 Å². The zero-order chi connectivity index (χ0) is 22.9. The molecule has 4 aromatic rings. The Labute approximate surface area is 191 Å². The topological polar surface area (TPSA) is 96.2 Å². The second-order valence-electron chi connectivity index (χ2n) is 8.63. The van der Waals surface area contributed by atoms with Crippen molar-refractivity contribution in [1.82, 2.24) is 19.2 Å². The summed E-state index contributed by atoms with van der Waals surface area (Å²) in [6.45, 7) is 2.09.